The Labute approximate surface area is 373 Å². The van der Waals surface area contributed by atoms with E-state index in [1.165, 1.54) is 26.9 Å². The number of furan rings is 1. The van der Waals surface area contributed by atoms with E-state index in [1.54, 1.807) is 0 Å². The van der Waals surface area contributed by atoms with Gasteiger partial charge in [0.05, 0.1) is 16.9 Å². The second kappa shape index (κ2) is 14.9. The first-order chi connectivity index (χ1) is 32.2. The van der Waals surface area contributed by atoms with E-state index in [1.807, 2.05) is 79.0 Å². The van der Waals surface area contributed by atoms with Crippen molar-refractivity contribution in [3.63, 3.8) is 0 Å². The summed E-state index contributed by atoms with van der Waals surface area (Å²) in [6.07, 6.45) is 2.03. The van der Waals surface area contributed by atoms with Gasteiger partial charge in [0, 0.05) is 55.6 Å². The van der Waals surface area contributed by atoms with Crippen molar-refractivity contribution in [2.45, 2.75) is 0 Å². The van der Waals surface area contributed by atoms with Crippen LogP contribution in [0.15, 0.2) is 217 Å². The zero-order chi connectivity index (χ0) is 42.8. The molecule has 65 heavy (non-hydrogen) atoms. The molecule has 0 fully saturated rings. The van der Waals surface area contributed by atoms with Gasteiger partial charge in [-0.25, -0.2) is 19.9 Å². The molecule has 4 aromatic heterocycles. The second-order valence-electron chi connectivity index (χ2n) is 16.5. The Morgan fingerprint density at radius 1 is 0.277 bits per heavy atom. The van der Waals surface area contributed by atoms with Crippen molar-refractivity contribution in [1.29, 1.82) is 0 Å². The van der Waals surface area contributed by atoms with Gasteiger partial charge in [-0.3, -0.25) is 4.98 Å². The maximum absolute atomic E-state index is 6.58. The van der Waals surface area contributed by atoms with Crippen LogP contribution >= 0.6 is 0 Å². The molecule has 0 aliphatic heterocycles. The molecule has 0 saturated heterocycles. The number of fused-ring (bicyclic) bond motifs is 10. The van der Waals surface area contributed by atoms with E-state index in [0.29, 0.717) is 17.5 Å². The number of benzene rings is 9. The lowest BCUT2D eigenvalue weighted by Gasteiger charge is -2.13. The Balaban J connectivity index is 0.838. The summed E-state index contributed by atoms with van der Waals surface area (Å²) in [5, 5.41) is 10.3. The van der Waals surface area contributed by atoms with Gasteiger partial charge < -0.3 is 4.42 Å². The van der Waals surface area contributed by atoms with Crippen LogP contribution in [0, 0.1) is 0 Å². The first-order valence-corrected chi connectivity index (χ1v) is 21.7. The molecule has 13 aromatic rings. The molecular weight excluding hydrogens is 795 g/mol. The summed E-state index contributed by atoms with van der Waals surface area (Å²) in [6, 6.07) is 71.4. The lowest BCUT2D eigenvalue weighted by molar-refractivity contribution is 0.669. The molecule has 0 radical (unpaired) electrons. The first kappa shape index (κ1) is 36.8. The molecule has 0 spiro atoms. The summed E-state index contributed by atoms with van der Waals surface area (Å²) in [4.78, 5) is 24.8. The average molecular weight is 830 g/mol. The number of nitrogens with zero attached hydrogens (tertiary/aromatic N) is 5. The molecule has 0 amide bonds. The second-order valence-corrected chi connectivity index (χ2v) is 16.5. The van der Waals surface area contributed by atoms with Crippen molar-refractivity contribution >= 4 is 65.2 Å². The van der Waals surface area contributed by atoms with Gasteiger partial charge in [-0.05, 0) is 92.7 Å². The smallest absolute Gasteiger partial charge is 0.164 e. The van der Waals surface area contributed by atoms with Gasteiger partial charge >= 0.3 is 0 Å². The molecule has 4 heterocycles. The first-order valence-electron chi connectivity index (χ1n) is 21.7. The highest BCUT2D eigenvalue weighted by Crippen LogP contribution is 2.39. The Bertz CT molecular complexity index is 3940. The van der Waals surface area contributed by atoms with Gasteiger partial charge in [0.1, 0.15) is 11.2 Å². The predicted octanol–water partition coefficient (Wildman–Crippen LogP) is 15.2. The summed E-state index contributed by atoms with van der Waals surface area (Å²) in [7, 11) is 0. The van der Waals surface area contributed by atoms with E-state index >= 15 is 0 Å². The van der Waals surface area contributed by atoms with Crippen molar-refractivity contribution in [3.05, 3.63) is 212 Å². The number of rotatable bonds is 6. The van der Waals surface area contributed by atoms with Crippen molar-refractivity contribution in [2.24, 2.45) is 0 Å². The van der Waals surface area contributed by atoms with Crippen LogP contribution in [0.5, 0.6) is 0 Å². The Morgan fingerprint density at radius 2 is 0.785 bits per heavy atom. The minimum atomic E-state index is 0.590. The third-order valence-corrected chi connectivity index (χ3v) is 12.5. The monoisotopic (exact) mass is 829 g/mol. The fourth-order valence-electron chi connectivity index (χ4n) is 9.27. The van der Waals surface area contributed by atoms with E-state index in [2.05, 4.69) is 133 Å². The van der Waals surface area contributed by atoms with Crippen LogP contribution in [-0.4, -0.2) is 24.9 Å². The molecule has 0 aliphatic rings. The van der Waals surface area contributed by atoms with Gasteiger partial charge in [-0.15, -0.1) is 0 Å². The molecule has 0 aliphatic carbocycles. The molecular formula is C59H35N5O. The van der Waals surface area contributed by atoms with Crippen molar-refractivity contribution in [1.82, 2.24) is 24.9 Å². The van der Waals surface area contributed by atoms with Crippen LogP contribution in [0.4, 0.5) is 0 Å². The van der Waals surface area contributed by atoms with E-state index in [0.717, 1.165) is 88.6 Å². The quantitative estimate of drug-likeness (QED) is 0.155. The summed E-state index contributed by atoms with van der Waals surface area (Å²) in [5.74, 6) is 1.84. The highest BCUT2D eigenvalue weighted by Gasteiger charge is 2.17. The Hall–Kier alpha value is -8.87. The lowest BCUT2D eigenvalue weighted by atomic mass is 9.92. The Morgan fingerprint density at radius 3 is 1.48 bits per heavy atom. The number of hydrogen-bond donors (Lipinski definition) is 0. The molecule has 9 aromatic carbocycles. The van der Waals surface area contributed by atoms with E-state index in [9.17, 15) is 0 Å². The van der Waals surface area contributed by atoms with Gasteiger partial charge in [-0.2, -0.15) is 0 Å². The average Bonchev–Trinajstić information content (AvgIpc) is 3.76. The summed E-state index contributed by atoms with van der Waals surface area (Å²) in [5.41, 5.74) is 11.5. The molecule has 0 bridgehead atoms. The summed E-state index contributed by atoms with van der Waals surface area (Å²) >= 11 is 0. The third kappa shape index (κ3) is 6.38. The van der Waals surface area contributed by atoms with Crippen LogP contribution in [-0.2, 0) is 0 Å². The number of hydrogen-bond acceptors (Lipinski definition) is 6. The molecule has 0 atom stereocenters. The van der Waals surface area contributed by atoms with Crippen LogP contribution in [0.3, 0.4) is 0 Å². The van der Waals surface area contributed by atoms with Gasteiger partial charge in [0.15, 0.2) is 17.5 Å². The summed E-state index contributed by atoms with van der Waals surface area (Å²) in [6.45, 7) is 0. The number of pyridine rings is 2. The molecule has 0 saturated carbocycles. The Kier molecular flexibility index (Phi) is 8.42. The highest BCUT2D eigenvalue weighted by molar-refractivity contribution is 6.26. The zero-order valence-corrected chi connectivity index (χ0v) is 34.9. The van der Waals surface area contributed by atoms with E-state index in [4.69, 9.17) is 29.3 Å². The minimum absolute atomic E-state index is 0.590. The van der Waals surface area contributed by atoms with Crippen LogP contribution < -0.4 is 0 Å². The van der Waals surface area contributed by atoms with Crippen LogP contribution in [0.25, 0.3) is 133 Å². The van der Waals surface area contributed by atoms with Crippen molar-refractivity contribution < 1.29 is 4.42 Å². The molecule has 13 rings (SSSR count). The van der Waals surface area contributed by atoms with Crippen molar-refractivity contribution in [2.75, 3.05) is 0 Å². The standard InChI is InChI=1S/C59H35N5O/c1-4-12-36(13-5-1)54-34-50-46-25-21-42(31-49(46)44-18-10-11-19-45(44)51(50)35-60-54)53-29-24-41-30-39(23-28-52(41)61-53)40-20-26-47-48-27-22-43(33-56(48)65-55(47)32-40)59-63-57(37-14-6-2-7-15-37)62-58(64-59)38-16-8-3-9-17-38/h1-35H. The van der Waals surface area contributed by atoms with E-state index < -0.39 is 0 Å². The molecule has 6 nitrogen and oxygen atoms in total. The van der Waals surface area contributed by atoms with Crippen LogP contribution in [0.2, 0.25) is 0 Å². The normalized spacial score (nSPS) is 11.7. The highest BCUT2D eigenvalue weighted by atomic mass is 16.3. The van der Waals surface area contributed by atoms with Crippen LogP contribution in [0.1, 0.15) is 0 Å². The van der Waals surface area contributed by atoms with Gasteiger partial charge in [0.25, 0.3) is 0 Å². The maximum Gasteiger partial charge on any atom is 0.164 e. The number of aromatic nitrogens is 5. The predicted molar refractivity (Wildman–Crippen MR) is 265 cm³/mol. The molecule has 0 unspecified atom stereocenters. The third-order valence-electron chi connectivity index (χ3n) is 12.5. The summed E-state index contributed by atoms with van der Waals surface area (Å²) < 4.78 is 6.58. The van der Waals surface area contributed by atoms with E-state index in [-0.39, 0.29) is 0 Å². The molecule has 302 valence electrons. The maximum atomic E-state index is 6.58. The zero-order valence-electron chi connectivity index (χ0n) is 34.9. The topological polar surface area (TPSA) is 77.6 Å². The lowest BCUT2D eigenvalue weighted by Crippen LogP contribution is -2.00. The van der Waals surface area contributed by atoms with Gasteiger partial charge in [0.2, 0.25) is 0 Å². The largest absolute Gasteiger partial charge is 0.456 e. The fourth-order valence-corrected chi connectivity index (χ4v) is 9.27. The molecule has 0 N–H and O–H groups in total. The fraction of sp³-hybridized carbons (Fsp3) is 0. The minimum Gasteiger partial charge on any atom is -0.456 e. The SMILES string of the molecule is c1ccc(-c2cc3c4ccc(-c5ccc6cc(-c7ccc8c(c7)oc7cc(-c9nc(-c%10ccccc%10)nc(-c%10ccccc%10)n9)ccc78)ccc6n5)cc4c4ccccc4c3cn2)cc1. The van der Waals surface area contributed by atoms with Crippen molar-refractivity contribution in [3.8, 4) is 67.8 Å². The molecule has 6 heteroatoms. The van der Waals surface area contributed by atoms with Gasteiger partial charge in [-0.1, -0.05) is 152 Å².